The van der Waals surface area contributed by atoms with Gasteiger partial charge in [0.25, 0.3) is 0 Å². The average Bonchev–Trinajstić information content (AvgIpc) is 2.06. The van der Waals surface area contributed by atoms with Gasteiger partial charge in [0, 0.05) is 12.0 Å². The van der Waals surface area contributed by atoms with E-state index in [2.05, 4.69) is 6.07 Å². The summed E-state index contributed by atoms with van der Waals surface area (Å²) in [4.78, 5) is 11.3. The SMILES string of the molecule is O=C1CCCc2c[c]ccc21. The quantitative estimate of drug-likeness (QED) is 0.545. The third-order valence-electron chi connectivity index (χ3n) is 2.10. The molecule has 2 rings (SSSR count). The van der Waals surface area contributed by atoms with E-state index in [0.717, 1.165) is 24.8 Å². The van der Waals surface area contributed by atoms with Crippen LogP contribution in [-0.4, -0.2) is 5.78 Å². The molecule has 1 aromatic rings. The van der Waals surface area contributed by atoms with Crippen molar-refractivity contribution in [1.29, 1.82) is 0 Å². The second-order valence-corrected chi connectivity index (χ2v) is 2.86. The summed E-state index contributed by atoms with van der Waals surface area (Å²) in [5.74, 6) is 0.292. The lowest BCUT2D eigenvalue weighted by atomic mass is 9.91. The highest BCUT2D eigenvalue weighted by molar-refractivity contribution is 5.98. The van der Waals surface area contributed by atoms with Crippen molar-refractivity contribution in [3.8, 4) is 0 Å². The summed E-state index contributed by atoms with van der Waals surface area (Å²) < 4.78 is 0. The number of ketones is 1. The van der Waals surface area contributed by atoms with Gasteiger partial charge in [-0.3, -0.25) is 4.79 Å². The molecule has 0 spiro atoms. The van der Waals surface area contributed by atoms with Crippen LogP contribution in [0.15, 0.2) is 18.2 Å². The summed E-state index contributed by atoms with van der Waals surface area (Å²) >= 11 is 0. The van der Waals surface area contributed by atoms with Crippen LogP contribution in [0.25, 0.3) is 0 Å². The van der Waals surface area contributed by atoms with E-state index in [1.54, 1.807) is 0 Å². The molecule has 0 heterocycles. The van der Waals surface area contributed by atoms with Gasteiger partial charge in [0.1, 0.15) is 0 Å². The number of aryl methyl sites for hydroxylation is 1. The van der Waals surface area contributed by atoms with Crippen molar-refractivity contribution >= 4 is 5.78 Å². The molecule has 11 heavy (non-hydrogen) atoms. The molecule has 0 amide bonds. The summed E-state index contributed by atoms with van der Waals surface area (Å²) in [6, 6.07) is 8.59. The highest BCUT2D eigenvalue weighted by atomic mass is 16.1. The monoisotopic (exact) mass is 145 g/mol. The molecule has 1 radical (unpaired) electrons. The first-order chi connectivity index (χ1) is 5.38. The number of benzene rings is 1. The predicted molar refractivity (Wildman–Crippen MR) is 42.5 cm³/mol. The molecule has 0 N–H and O–H groups in total. The predicted octanol–water partition coefficient (Wildman–Crippen LogP) is 2.01. The fraction of sp³-hybridized carbons (Fsp3) is 0.300. The maximum Gasteiger partial charge on any atom is 0.163 e. The summed E-state index contributed by atoms with van der Waals surface area (Å²) in [6.07, 6.45) is 2.76. The molecule has 0 aliphatic heterocycles. The highest BCUT2D eigenvalue weighted by Crippen LogP contribution is 2.19. The number of rotatable bonds is 0. The van der Waals surface area contributed by atoms with Gasteiger partial charge in [-0.25, -0.2) is 0 Å². The molecule has 1 aliphatic carbocycles. The van der Waals surface area contributed by atoms with Crippen molar-refractivity contribution in [2.24, 2.45) is 0 Å². The van der Waals surface area contributed by atoms with Gasteiger partial charge in [-0.05, 0) is 24.5 Å². The van der Waals surface area contributed by atoms with Crippen molar-refractivity contribution in [2.75, 3.05) is 0 Å². The van der Waals surface area contributed by atoms with Gasteiger partial charge in [0.05, 0.1) is 0 Å². The van der Waals surface area contributed by atoms with Crippen LogP contribution < -0.4 is 0 Å². The standard InChI is InChI=1S/C10H9O/c11-10-7-3-5-8-4-1-2-6-9(8)10/h2,4,6H,3,5,7H2. The Morgan fingerprint density at radius 3 is 3.09 bits per heavy atom. The Balaban J connectivity index is 2.52. The van der Waals surface area contributed by atoms with E-state index in [9.17, 15) is 4.79 Å². The number of carbonyl (C=O) groups is 1. The lowest BCUT2D eigenvalue weighted by Gasteiger charge is -2.12. The Morgan fingerprint density at radius 2 is 2.27 bits per heavy atom. The van der Waals surface area contributed by atoms with E-state index in [-0.39, 0.29) is 0 Å². The molecule has 1 heteroatoms. The molecule has 0 fully saturated rings. The van der Waals surface area contributed by atoms with Crippen molar-refractivity contribution in [2.45, 2.75) is 19.3 Å². The van der Waals surface area contributed by atoms with Crippen molar-refractivity contribution in [3.05, 3.63) is 35.4 Å². The van der Waals surface area contributed by atoms with E-state index in [4.69, 9.17) is 0 Å². The van der Waals surface area contributed by atoms with Crippen LogP contribution in [0.4, 0.5) is 0 Å². The number of fused-ring (bicyclic) bond motifs is 1. The first-order valence-corrected chi connectivity index (χ1v) is 3.90. The van der Waals surface area contributed by atoms with Crippen LogP contribution in [0.3, 0.4) is 0 Å². The van der Waals surface area contributed by atoms with Gasteiger partial charge in [-0.2, -0.15) is 0 Å². The fourth-order valence-corrected chi connectivity index (χ4v) is 1.52. The molecule has 0 saturated carbocycles. The Morgan fingerprint density at radius 1 is 1.36 bits per heavy atom. The zero-order chi connectivity index (χ0) is 7.68. The molecule has 0 bridgehead atoms. The first-order valence-electron chi connectivity index (χ1n) is 3.90. The van der Waals surface area contributed by atoms with Crippen molar-refractivity contribution in [1.82, 2.24) is 0 Å². The van der Waals surface area contributed by atoms with Gasteiger partial charge >= 0.3 is 0 Å². The van der Waals surface area contributed by atoms with E-state index in [1.807, 2.05) is 18.2 Å². The maximum atomic E-state index is 11.3. The van der Waals surface area contributed by atoms with Gasteiger partial charge in [-0.15, -0.1) is 0 Å². The second kappa shape index (κ2) is 2.50. The Labute approximate surface area is 66.0 Å². The molecular weight excluding hydrogens is 136 g/mol. The fourth-order valence-electron chi connectivity index (χ4n) is 1.52. The van der Waals surface area contributed by atoms with E-state index >= 15 is 0 Å². The Kier molecular flexibility index (Phi) is 1.50. The number of hydrogen-bond acceptors (Lipinski definition) is 1. The van der Waals surface area contributed by atoms with E-state index < -0.39 is 0 Å². The number of hydrogen-bond donors (Lipinski definition) is 0. The van der Waals surface area contributed by atoms with Crippen molar-refractivity contribution in [3.63, 3.8) is 0 Å². The zero-order valence-electron chi connectivity index (χ0n) is 6.26. The molecule has 1 aromatic carbocycles. The van der Waals surface area contributed by atoms with Crippen LogP contribution in [-0.2, 0) is 6.42 Å². The molecule has 0 atom stereocenters. The van der Waals surface area contributed by atoms with Gasteiger partial charge in [0.15, 0.2) is 5.78 Å². The lowest BCUT2D eigenvalue weighted by molar-refractivity contribution is 0.0972. The van der Waals surface area contributed by atoms with Crippen LogP contribution in [0.1, 0.15) is 28.8 Å². The van der Waals surface area contributed by atoms with Gasteiger partial charge in [-0.1, -0.05) is 18.2 Å². The Hall–Kier alpha value is -1.11. The molecule has 1 aliphatic rings. The van der Waals surface area contributed by atoms with Crippen molar-refractivity contribution < 1.29 is 4.79 Å². The van der Waals surface area contributed by atoms with Gasteiger partial charge < -0.3 is 0 Å². The zero-order valence-corrected chi connectivity index (χ0v) is 6.26. The van der Waals surface area contributed by atoms with Crippen LogP contribution >= 0.6 is 0 Å². The van der Waals surface area contributed by atoms with E-state index in [0.29, 0.717) is 5.78 Å². The molecule has 0 unspecified atom stereocenters. The summed E-state index contributed by atoms with van der Waals surface area (Å²) in [7, 11) is 0. The summed E-state index contributed by atoms with van der Waals surface area (Å²) in [5.41, 5.74) is 2.08. The normalized spacial score (nSPS) is 16.2. The number of Topliss-reactive ketones (excluding diaryl/α,β-unsaturated/α-hetero) is 1. The number of carbonyl (C=O) groups excluding carboxylic acids is 1. The van der Waals surface area contributed by atoms with Crippen LogP contribution in [0.5, 0.6) is 0 Å². The minimum Gasteiger partial charge on any atom is -0.294 e. The minimum absolute atomic E-state index is 0.292. The average molecular weight is 145 g/mol. The molecule has 0 saturated heterocycles. The minimum atomic E-state index is 0.292. The lowest BCUT2D eigenvalue weighted by Crippen LogP contribution is -2.09. The van der Waals surface area contributed by atoms with Crippen LogP contribution in [0.2, 0.25) is 0 Å². The molecular formula is C10H9O. The topological polar surface area (TPSA) is 17.1 Å². The summed E-state index contributed by atoms with van der Waals surface area (Å²) in [5, 5.41) is 0. The van der Waals surface area contributed by atoms with Crippen LogP contribution in [0, 0.1) is 6.07 Å². The second-order valence-electron chi connectivity index (χ2n) is 2.86. The van der Waals surface area contributed by atoms with Gasteiger partial charge in [0.2, 0.25) is 0 Å². The Bertz CT molecular complexity index is 289. The third-order valence-corrected chi connectivity index (χ3v) is 2.10. The maximum absolute atomic E-state index is 11.3. The molecule has 0 aromatic heterocycles. The summed E-state index contributed by atoms with van der Waals surface area (Å²) in [6.45, 7) is 0. The highest BCUT2D eigenvalue weighted by Gasteiger charge is 2.15. The largest absolute Gasteiger partial charge is 0.294 e. The molecule has 55 valence electrons. The smallest absolute Gasteiger partial charge is 0.163 e. The van der Waals surface area contributed by atoms with E-state index in [1.165, 1.54) is 5.56 Å². The first kappa shape index (κ1) is 6.59. The third kappa shape index (κ3) is 1.07. The molecule has 1 nitrogen and oxygen atoms in total.